The van der Waals surface area contributed by atoms with Crippen molar-refractivity contribution in [3.8, 4) is 0 Å². The summed E-state index contributed by atoms with van der Waals surface area (Å²) < 4.78 is 20.0. The van der Waals surface area contributed by atoms with Gasteiger partial charge in [0.1, 0.15) is 0 Å². The molecule has 1 aliphatic heterocycles. The summed E-state index contributed by atoms with van der Waals surface area (Å²) in [5.74, 6) is -0.450. The van der Waals surface area contributed by atoms with Crippen molar-refractivity contribution < 1.29 is 28.9 Å². The van der Waals surface area contributed by atoms with E-state index >= 15 is 0 Å². The summed E-state index contributed by atoms with van der Waals surface area (Å²) in [6.07, 6.45) is -2.17. The van der Waals surface area contributed by atoms with Crippen LogP contribution in [-0.4, -0.2) is 55.2 Å². The Kier molecular flexibility index (Phi) is 10.4. The van der Waals surface area contributed by atoms with Crippen LogP contribution in [0.4, 0.5) is 0 Å². The predicted molar refractivity (Wildman–Crippen MR) is 162 cm³/mol. The van der Waals surface area contributed by atoms with Crippen molar-refractivity contribution in [3.05, 3.63) is 107 Å². The summed E-state index contributed by atoms with van der Waals surface area (Å²) in [6.45, 7) is 3.03. The molecule has 1 amide bonds. The lowest BCUT2D eigenvalue weighted by molar-refractivity contribution is -0.255. The van der Waals surface area contributed by atoms with Gasteiger partial charge in [0, 0.05) is 37.8 Å². The van der Waals surface area contributed by atoms with Crippen LogP contribution in [0.25, 0.3) is 0 Å². The Morgan fingerprint density at radius 3 is 2.30 bits per heavy atom. The third kappa shape index (κ3) is 7.69. The van der Waals surface area contributed by atoms with Crippen LogP contribution in [0.1, 0.15) is 60.0 Å². The summed E-state index contributed by atoms with van der Waals surface area (Å²) in [5, 5.41) is 25.0. The largest absolute Gasteiger partial charge is 0.453 e. The fraction of sp³-hybridized carbons (Fsp3) is 0.344. The van der Waals surface area contributed by atoms with Crippen LogP contribution in [0.2, 0.25) is 0 Å². The van der Waals surface area contributed by atoms with E-state index in [2.05, 4.69) is 33.0 Å². The number of nitrogens with one attached hydrogen (secondary N) is 1. The van der Waals surface area contributed by atoms with E-state index in [9.17, 15) is 14.7 Å². The van der Waals surface area contributed by atoms with Crippen LogP contribution in [-0.2, 0) is 44.0 Å². The Hall–Kier alpha value is -4.10. The van der Waals surface area contributed by atoms with Gasteiger partial charge < -0.3 is 24.6 Å². The minimum atomic E-state index is -0.871. The number of tetrazole rings is 1. The van der Waals surface area contributed by atoms with Crippen LogP contribution < -0.4 is 5.32 Å². The zero-order valence-electron chi connectivity index (χ0n) is 24.7. The molecule has 230 valence electrons. The summed E-state index contributed by atoms with van der Waals surface area (Å²) in [6, 6.07) is 25.6. The second-order valence-corrected chi connectivity index (χ2v) is 11.5. The molecule has 0 radical (unpaired) electrons. The third-order valence-electron chi connectivity index (χ3n) is 7.36. The van der Waals surface area contributed by atoms with Crippen molar-refractivity contribution in [2.75, 3.05) is 5.75 Å². The van der Waals surface area contributed by atoms with Gasteiger partial charge in [-0.3, -0.25) is 9.59 Å². The summed E-state index contributed by atoms with van der Waals surface area (Å²) >= 11 is 1.52. The maximum Gasteiger partial charge on any atom is 0.303 e. The highest BCUT2D eigenvalue weighted by Crippen LogP contribution is 2.47. The van der Waals surface area contributed by atoms with Gasteiger partial charge >= 0.3 is 5.97 Å². The molecular formula is C32H35N5O6S. The zero-order chi connectivity index (χ0) is 31.1. The van der Waals surface area contributed by atoms with E-state index in [-0.39, 0.29) is 37.2 Å². The van der Waals surface area contributed by atoms with Gasteiger partial charge in [0.15, 0.2) is 12.4 Å². The average Bonchev–Trinajstić information content (AvgIpc) is 3.46. The number of amides is 1. The Bertz CT molecular complexity index is 1530. The van der Waals surface area contributed by atoms with Crippen LogP contribution >= 0.6 is 11.8 Å². The molecule has 0 spiro atoms. The molecule has 12 heteroatoms. The smallest absolute Gasteiger partial charge is 0.303 e. The zero-order valence-corrected chi connectivity index (χ0v) is 25.5. The van der Waals surface area contributed by atoms with Crippen molar-refractivity contribution in [1.29, 1.82) is 0 Å². The molecule has 44 heavy (non-hydrogen) atoms. The number of thioether (sulfide) groups is 1. The number of aromatic nitrogens is 4. The standard InChI is InChI=1S/C32H35N5O6S/c1-20(41-21(2)39)30(40)33-17-22-9-15-26(16-10-22)31-42-27(19-44-32-34-35-36-37(32)3)28(24-7-5-4-6-8-24)29(43-31)25-13-11-23(18-38)12-14-25/h4-16,20,27-29,31,38H,17-19H2,1-3H3,(H,33,40)/t20-,27+,28+,29-,31?/m0/s1. The molecule has 11 nitrogen and oxygen atoms in total. The molecule has 2 heterocycles. The second-order valence-electron chi connectivity index (χ2n) is 10.5. The molecular weight excluding hydrogens is 582 g/mol. The number of hydrogen-bond acceptors (Lipinski definition) is 10. The maximum atomic E-state index is 12.3. The fourth-order valence-electron chi connectivity index (χ4n) is 5.08. The summed E-state index contributed by atoms with van der Waals surface area (Å²) in [4.78, 5) is 23.4. The Morgan fingerprint density at radius 1 is 0.977 bits per heavy atom. The molecule has 5 atom stereocenters. The number of nitrogens with zero attached hydrogens (tertiary/aromatic N) is 4. The van der Waals surface area contributed by atoms with Crippen molar-refractivity contribution in [2.24, 2.45) is 7.05 Å². The number of benzene rings is 3. The number of ether oxygens (including phenoxy) is 3. The molecule has 1 aromatic heterocycles. The van der Waals surface area contributed by atoms with Gasteiger partial charge in [0.05, 0.1) is 18.8 Å². The van der Waals surface area contributed by atoms with E-state index in [1.165, 1.54) is 25.6 Å². The topological polar surface area (TPSA) is 138 Å². The number of rotatable bonds is 11. The molecule has 0 saturated carbocycles. The minimum absolute atomic E-state index is 0.0415. The van der Waals surface area contributed by atoms with E-state index in [1.807, 2.05) is 66.7 Å². The quantitative estimate of drug-likeness (QED) is 0.188. The normalized spacial score (nSPS) is 20.5. The van der Waals surface area contributed by atoms with Gasteiger partial charge in [-0.15, -0.1) is 5.10 Å². The lowest BCUT2D eigenvalue weighted by atomic mass is 9.84. The number of aliphatic hydroxyl groups is 1. The third-order valence-corrected chi connectivity index (χ3v) is 8.46. The van der Waals surface area contributed by atoms with E-state index in [4.69, 9.17) is 14.2 Å². The fourth-order valence-corrected chi connectivity index (χ4v) is 6.00. The van der Waals surface area contributed by atoms with Crippen LogP contribution in [0, 0.1) is 0 Å². The lowest BCUT2D eigenvalue weighted by Gasteiger charge is -2.43. The first-order chi connectivity index (χ1) is 21.3. The maximum absolute atomic E-state index is 12.3. The minimum Gasteiger partial charge on any atom is -0.453 e. The molecule has 4 aromatic rings. The summed E-state index contributed by atoms with van der Waals surface area (Å²) in [7, 11) is 1.80. The molecule has 0 aliphatic carbocycles. The number of aliphatic hydroxyl groups excluding tert-OH is 1. The van der Waals surface area contributed by atoms with Gasteiger partial charge in [0.25, 0.3) is 5.91 Å². The number of esters is 1. The van der Waals surface area contributed by atoms with Crippen LogP contribution in [0.5, 0.6) is 0 Å². The monoisotopic (exact) mass is 617 g/mol. The highest BCUT2D eigenvalue weighted by Gasteiger charge is 2.42. The number of hydrogen-bond donors (Lipinski definition) is 2. The second kappa shape index (κ2) is 14.6. The highest BCUT2D eigenvalue weighted by molar-refractivity contribution is 7.99. The van der Waals surface area contributed by atoms with Crippen molar-refractivity contribution in [1.82, 2.24) is 25.5 Å². The molecule has 1 aliphatic rings. The lowest BCUT2D eigenvalue weighted by Crippen LogP contribution is -2.38. The molecule has 0 bridgehead atoms. The van der Waals surface area contributed by atoms with Gasteiger partial charge in [-0.1, -0.05) is 90.6 Å². The Labute approximate surface area is 259 Å². The highest BCUT2D eigenvalue weighted by atomic mass is 32.2. The van der Waals surface area contributed by atoms with Gasteiger partial charge in [-0.05, 0) is 39.6 Å². The molecule has 2 N–H and O–H groups in total. The number of carbonyl (C=O) groups is 2. The summed E-state index contributed by atoms with van der Waals surface area (Å²) in [5.41, 5.74) is 4.57. The Balaban J connectivity index is 1.41. The SMILES string of the molecule is CC(=O)O[C@@H](C)C(=O)NCc1ccc(C2O[C@H](CSc3nnnn3C)[C@@H](c3ccccc3)[C@H](c3ccc(CO)cc3)O2)cc1. The van der Waals surface area contributed by atoms with Crippen LogP contribution in [0.15, 0.2) is 84.0 Å². The Morgan fingerprint density at radius 2 is 1.66 bits per heavy atom. The first-order valence-electron chi connectivity index (χ1n) is 14.3. The predicted octanol–water partition coefficient (Wildman–Crippen LogP) is 4.00. The van der Waals surface area contributed by atoms with Crippen molar-refractivity contribution in [2.45, 2.75) is 62.7 Å². The molecule has 3 aromatic carbocycles. The number of aryl methyl sites for hydroxylation is 1. The molecule has 5 rings (SSSR count). The van der Waals surface area contributed by atoms with E-state index in [0.29, 0.717) is 10.9 Å². The molecule has 1 unspecified atom stereocenters. The van der Waals surface area contributed by atoms with Crippen molar-refractivity contribution >= 4 is 23.6 Å². The van der Waals surface area contributed by atoms with Crippen molar-refractivity contribution in [3.63, 3.8) is 0 Å². The van der Waals surface area contributed by atoms with Gasteiger partial charge in [-0.2, -0.15) is 0 Å². The number of carbonyl (C=O) groups excluding carboxylic acids is 2. The van der Waals surface area contributed by atoms with Crippen LogP contribution in [0.3, 0.4) is 0 Å². The van der Waals surface area contributed by atoms with E-state index < -0.39 is 18.4 Å². The molecule has 1 fully saturated rings. The first kappa shape index (κ1) is 31.3. The van der Waals surface area contributed by atoms with Gasteiger partial charge in [0.2, 0.25) is 5.16 Å². The molecule has 1 saturated heterocycles. The first-order valence-corrected chi connectivity index (χ1v) is 15.3. The van der Waals surface area contributed by atoms with Gasteiger partial charge in [-0.25, -0.2) is 4.68 Å². The van der Waals surface area contributed by atoms with E-state index in [1.54, 1.807) is 11.7 Å². The average molecular weight is 618 g/mol. The van der Waals surface area contributed by atoms with E-state index in [0.717, 1.165) is 27.8 Å².